The average Bonchev–Trinajstić information content (AvgIpc) is 2.37. The minimum atomic E-state index is -0.0718. The lowest BCUT2D eigenvalue weighted by molar-refractivity contribution is -0.124. The maximum Gasteiger partial charge on any atom is 0.237 e. The molecule has 5 nitrogen and oxygen atoms in total. The van der Waals surface area contributed by atoms with Crippen LogP contribution in [0.4, 0.5) is 0 Å². The van der Waals surface area contributed by atoms with Gasteiger partial charge in [0.25, 0.3) is 0 Å². The zero-order chi connectivity index (χ0) is 13.4. The van der Waals surface area contributed by atoms with Crippen molar-refractivity contribution in [3.05, 3.63) is 0 Å². The van der Waals surface area contributed by atoms with E-state index in [9.17, 15) is 9.59 Å². The van der Waals surface area contributed by atoms with E-state index < -0.39 is 0 Å². The van der Waals surface area contributed by atoms with Gasteiger partial charge in [0.1, 0.15) is 0 Å². The lowest BCUT2D eigenvalue weighted by atomic mass is 10.0. The van der Waals surface area contributed by atoms with Crippen LogP contribution in [0.25, 0.3) is 0 Å². The first-order chi connectivity index (χ1) is 8.59. The molecule has 1 saturated heterocycles. The number of carbonyl (C=O) groups excluding carboxylic acids is 2. The quantitative estimate of drug-likeness (QED) is 0.644. The molecule has 0 radical (unpaired) electrons. The van der Waals surface area contributed by atoms with Gasteiger partial charge in [-0.2, -0.15) is 0 Å². The van der Waals surface area contributed by atoms with E-state index in [2.05, 4.69) is 29.8 Å². The zero-order valence-electron chi connectivity index (χ0n) is 11.4. The highest BCUT2D eigenvalue weighted by Crippen LogP contribution is 2.06. The van der Waals surface area contributed by atoms with Gasteiger partial charge in [0.15, 0.2) is 0 Å². The smallest absolute Gasteiger partial charge is 0.237 e. The molecule has 1 heterocycles. The Morgan fingerprint density at radius 2 is 2.06 bits per heavy atom. The summed E-state index contributed by atoms with van der Waals surface area (Å²) in [7, 11) is 0. The maximum atomic E-state index is 11.7. The molecule has 104 valence electrons. The van der Waals surface area contributed by atoms with Crippen molar-refractivity contribution < 1.29 is 9.59 Å². The molecule has 0 aromatic heterocycles. The van der Waals surface area contributed by atoms with Crippen LogP contribution >= 0.6 is 0 Å². The predicted octanol–water partition coefficient (Wildman–Crippen LogP) is 0.407. The van der Waals surface area contributed by atoms with Crippen molar-refractivity contribution in [1.29, 1.82) is 0 Å². The van der Waals surface area contributed by atoms with Gasteiger partial charge >= 0.3 is 0 Å². The van der Waals surface area contributed by atoms with Gasteiger partial charge < -0.3 is 16.0 Å². The second-order valence-electron chi connectivity index (χ2n) is 5.24. The number of nitrogens with one attached hydrogen (secondary N) is 3. The summed E-state index contributed by atoms with van der Waals surface area (Å²) in [4.78, 5) is 23.2. The van der Waals surface area contributed by atoms with Crippen molar-refractivity contribution in [2.24, 2.45) is 5.92 Å². The molecule has 5 heteroatoms. The Morgan fingerprint density at radius 1 is 1.28 bits per heavy atom. The van der Waals surface area contributed by atoms with Crippen molar-refractivity contribution in [3.8, 4) is 0 Å². The number of rotatable bonds is 6. The number of hydrogen-bond donors (Lipinski definition) is 3. The van der Waals surface area contributed by atoms with Gasteiger partial charge in [-0.05, 0) is 25.3 Å². The fourth-order valence-corrected chi connectivity index (χ4v) is 1.90. The Bertz CT molecular complexity index is 273. The largest absolute Gasteiger partial charge is 0.356 e. The maximum absolute atomic E-state index is 11.7. The first-order valence-corrected chi connectivity index (χ1v) is 6.87. The molecule has 1 aliphatic rings. The summed E-state index contributed by atoms with van der Waals surface area (Å²) in [6, 6.07) is -0.0718. The lowest BCUT2D eigenvalue weighted by Gasteiger charge is -2.22. The number of amides is 2. The fraction of sp³-hybridized carbons (Fsp3) is 0.846. The average molecular weight is 255 g/mol. The molecule has 2 amide bonds. The van der Waals surface area contributed by atoms with Crippen LogP contribution in [0.15, 0.2) is 0 Å². The third-order valence-electron chi connectivity index (χ3n) is 2.99. The fourth-order valence-electron chi connectivity index (χ4n) is 1.90. The van der Waals surface area contributed by atoms with Crippen LogP contribution < -0.4 is 16.0 Å². The van der Waals surface area contributed by atoms with Crippen molar-refractivity contribution >= 4 is 11.8 Å². The first-order valence-electron chi connectivity index (χ1n) is 6.87. The third-order valence-corrected chi connectivity index (χ3v) is 2.99. The standard InChI is InChI=1S/C13H25N3O2/c1-10(2)9-16-12(17)6-8-15-13(18)11-5-3-4-7-14-11/h10-11,14H,3-9H2,1-2H3,(H,15,18)(H,16,17)/t11-/m1/s1. The topological polar surface area (TPSA) is 70.2 Å². The molecule has 18 heavy (non-hydrogen) atoms. The number of piperidine rings is 1. The molecular formula is C13H25N3O2. The molecule has 1 atom stereocenters. The minimum Gasteiger partial charge on any atom is -0.356 e. The lowest BCUT2D eigenvalue weighted by Crippen LogP contribution is -2.47. The third kappa shape index (κ3) is 6.00. The van der Waals surface area contributed by atoms with E-state index in [-0.39, 0.29) is 17.9 Å². The molecule has 1 rings (SSSR count). The van der Waals surface area contributed by atoms with E-state index in [1.165, 1.54) is 0 Å². The Balaban J connectivity index is 2.09. The van der Waals surface area contributed by atoms with Gasteiger partial charge in [0.05, 0.1) is 6.04 Å². The highest BCUT2D eigenvalue weighted by atomic mass is 16.2. The van der Waals surface area contributed by atoms with E-state index in [1.54, 1.807) is 0 Å². The summed E-state index contributed by atoms with van der Waals surface area (Å²) in [6.45, 7) is 6.12. The summed E-state index contributed by atoms with van der Waals surface area (Å²) in [6.07, 6.45) is 3.48. The molecule has 3 N–H and O–H groups in total. The number of carbonyl (C=O) groups is 2. The van der Waals surface area contributed by atoms with E-state index in [4.69, 9.17) is 0 Å². The summed E-state index contributed by atoms with van der Waals surface area (Å²) >= 11 is 0. The van der Waals surface area contributed by atoms with Crippen LogP contribution in [0.5, 0.6) is 0 Å². The first kappa shape index (κ1) is 15.0. The Kier molecular flexibility index (Phi) is 6.72. The van der Waals surface area contributed by atoms with Crippen molar-refractivity contribution in [1.82, 2.24) is 16.0 Å². The van der Waals surface area contributed by atoms with E-state index in [0.29, 0.717) is 25.4 Å². The molecule has 1 fully saturated rings. The molecule has 0 spiro atoms. The minimum absolute atomic E-state index is 0.000559. The van der Waals surface area contributed by atoms with E-state index >= 15 is 0 Å². The molecule has 0 unspecified atom stereocenters. The summed E-state index contributed by atoms with van der Waals surface area (Å²) in [5, 5.41) is 8.82. The zero-order valence-corrected chi connectivity index (χ0v) is 11.4. The van der Waals surface area contributed by atoms with E-state index in [1.807, 2.05) is 0 Å². The van der Waals surface area contributed by atoms with Crippen LogP contribution in [0.1, 0.15) is 39.5 Å². The second-order valence-corrected chi connectivity index (χ2v) is 5.24. The normalized spacial score (nSPS) is 19.6. The van der Waals surface area contributed by atoms with Crippen LogP contribution in [-0.2, 0) is 9.59 Å². The Morgan fingerprint density at radius 3 is 2.67 bits per heavy atom. The molecule has 0 aromatic rings. The molecule has 1 aliphatic heterocycles. The monoisotopic (exact) mass is 255 g/mol. The molecule has 0 saturated carbocycles. The van der Waals surface area contributed by atoms with Crippen LogP contribution in [-0.4, -0.2) is 37.5 Å². The highest BCUT2D eigenvalue weighted by molar-refractivity contribution is 5.82. The van der Waals surface area contributed by atoms with Crippen molar-refractivity contribution in [2.45, 2.75) is 45.6 Å². The summed E-state index contributed by atoms with van der Waals surface area (Å²) in [5.41, 5.74) is 0. The van der Waals surface area contributed by atoms with Gasteiger partial charge in [-0.15, -0.1) is 0 Å². The summed E-state index contributed by atoms with van der Waals surface area (Å²) < 4.78 is 0. The van der Waals surface area contributed by atoms with Crippen LogP contribution in [0, 0.1) is 5.92 Å². The SMILES string of the molecule is CC(C)CNC(=O)CCNC(=O)[C@H]1CCCCN1. The molecular weight excluding hydrogens is 230 g/mol. The van der Waals surface area contributed by atoms with Crippen LogP contribution in [0.3, 0.4) is 0 Å². The predicted molar refractivity (Wildman–Crippen MR) is 71.1 cm³/mol. The Labute approximate surface area is 109 Å². The Hall–Kier alpha value is -1.10. The van der Waals surface area contributed by atoms with Gasteiger partial charge in [0.2, 0.25) is 11.8 Å². The second kappa shape index (κ2) is 8.08. The van der Waals surface area contributed by atoms with Crippen LogP contribution in [0.2, 0.25) is 0 Å². The van der Waals surface area contributed by atoms with Gasteiger partial charge in [-0.1, -0.05) is 20.3 Å². The molecule has 0 aliphatic carbocycles. The summed E-state index contributed by atoms with van der Waals surface area (Å²) in [5.74, 6) is 0.474. The van der Waals surface area contributed by atoms with Gasteiger partial charge in [0, 0.05) is 19.5 Å². The molecule has 0 aromatic carbocycles. The number of hydrogen-bond acceptors (Lipinski definition) is 3. The highest BCUT2D eigenvalue weighted by Gasteiger charge is 2.19. The van der Waals surface area contributed by atoms with Crippen molar-refractivity contribution in [3.63, 3.8) is 0 Å². The van der Waals surface area contributed by atoms with Crippen molar-refractivity contribution in [2.75, 3.05) is 19.6 Å². The molecule has 0 bridgehead atoms. The van der Waals surface area contributed by atoms with Gasteiger partial charge in [-0.25, -0.2) is 0 Å². The van der Waals surface area contributed by atoms with Gasteiger partial charge in [-0.3, -0.25) is 9.59 Å². The van der Waals surface area contributed by atoms with E-state index in [0.717, 1.165) is 25.8 Å².